The molecule has 1 aromatic rings. The maximum atomic E-state index is 10.7. The second kappa shape index (κ2) is 3.56. The molecule has 0 aliphatic carbocycles. The van der Waals surface area contributed by atoms with Crippen molar-refractivity contribution in [1.82, 2.24) is 0 Å². The molecule has 1 rings (SSSR count). The van der Waals surface area contributed by atoms with Crippen molar-refractivity contribution in [3.05, 3.63) is 12.1 Å². The highest BCUT2D eigenvalue weighted by molar-refractivity contribution is 6.41. The molecule has 0 aromatic heterocycles. The normalized spacial score (nSPS) is 9.62. The van der Waals surface area contributed by atoms with E-state index in [-0.39, 0.29) is 22.6 Å². The van der Waals surface area contributed by atoms with Gasteiger partial charge in [0, 0.05) is 12.6 Å². The summed E-state index contributed by atoms with van der Waals surface area (Å²) in [5, 5.41) is 11.7. The second-order valence-corrected chi connectivity index (χ2v) is 2.68. The van der Waals surface area contributed by atoms with E-state index in [1.54, 1.807) is 0 Å². The average Bonchev–Trinajstić information content (AvgIpc) is 1.98. The van der Waals surface area contributed by atoms with E-state index in [4.69, 9.17) is 15.7 Å². The minimum atomic E-state index is -0.218. The first kappa shape index (κ1) is 9.71. The van der Waals surface area contributed by atoms with E-state index in [2.05, 4.69) is 5.32 Å². The first-order chi connectivity index (χ1) is 6.00. The Hall–Kier alpha value is -1.38. The predicted octanol–water partition coefficient (Wildman–Crippen LogP) is -1.06. The van der Waals surface area contributed by atoms with Crippen LogP contribution in [0.4, 0.5) is 5.69 Å². The van der Waals surface area contributed by atoms with Crippen LogP contribution >= 0.6 is 0 Å². The third kappa shape index (κ3) is 2.28. The number of aromatic hydroxyl groups is 1. The lowest BCUT2D eigenvalue weighted by Crippen LogP contribution is -2.18. The monoisotopic (exact) mass is 171 g/mol. The average molecular weight is 171 g/mol. The Morgan fingerprint density at radius 2 is 1.85 bits per heavy atom. The molecule has 1 aromatic carbocycles. The summed E-state index contributed by atoms with van der Waals surface area (Å²) < 4.78 is 0. The largest absolute Gasteiger partial charge is 0.509 e. The summed E-state index contributed by atoms with van der Waals surface area (Å²) in [6, 6.07) is 2.88. The maximum Gasteiger partial charge on any atom is 0.221 e. The zero-order valence-corrected chi connectivity index (χ0v) is 7.16. The summed E-state index contributed by atoms with van der Waals surface area (Å²) in [7, 11) is 10.8. The highest BCUT2D eigenvalue weighted by atomic mass is 16.3. The van der Waals surface area contributed by atoms with E-state index >= 15 is 0 Å². The molecule has 62 valence electrons. The molecule has 0 unspecified atom stereocenters. The van der Waals surface area contributed by atoms with E-state index in [1.165, 1.54) is 19.1 Å². The van der Waals surface area contributed by atoms with Crippen LogP contribution in [0.25, 0.3) is 0 Å². The number of anilines is 1. The molecule has 2 N–H and O–H groups in total. The van der Waals surface area contributed by atoms with Crippen LogP contribution in [0.3, 0.4) is 0 Å². The molecule has 13 heavy (non-hydrogen) atoms. The summed E-state index contributed by atoms with van der Waals surface area (Å²) in [5.41, 5.74) is 0.757. The molecule has 0 saturated heterocycles. The van der Waals surface area contributed by atoms with Gasteiger partial charge in [0.1, 0.15) is 21.4 Å². The Morgan fingerprint density at radius 3 is 2.23 bits per heavy atom. The fourth-order valence-electron chi connectivity index (χ4n) is 0.956. The van der Waals surface area contributed by atoms with Gasteiger partial charge in [0.05, 0.1) is 0 Å². The number of nitrogens with one attached hydrogen (secondary N) is 1. The topological polar surface area (TPSA) is 49.3 Å². The van der Waals surface area contributed by atoms with Crippen molar-refractivity contribution < 1.29 is 9.90 Å². The molecule has 0 spiro atoms. The zero-order valence-electron chi connectivity index (χ0n) is 7.16. The van der Waals surface area contributed by atoms with Crippen molar-refractivity contribution in [1.29, 1.82) is 0 Å². The molecule has 0 fully saturated rings. The Kier molecular flexibility index (Phi) is 2.66. The first-order valence-corrected chi connectivity index (χ1v) is 3.66. The van der Waals surface area contributed by atoms with Gasteiger partial charge in [-0.1, -0.05) is 10.9 Å². The van der Waals surface area contributed by atoms with Crippen LogP contribution in [0, 0.1) is 0 Å². The van der Waals surface area contributed by atoms with Crippen molar-refractivity contribution in [3.63, 3.8) is 0 Å². The highest BCUT2D eigenvalue weighted by Gasteiger charge is 2.02. The van der Waals surface area contributed by atoms with Crippen molar-refractivity contribution in [2.75, 3.05) is 5.32 Å². The Balaban J connectivity index is 3.06. The number of carbonyl (C=O) groups is 1. The number of carbonyl (C=O) groups excluding carboxylic acids is 1. The maximum absolute atomic E-state index is 10.7. The Morgan fingerprint density at radius 1 is 1.38 bits per heavy atom. The van der Waals surface area contributed by atoms with Crippen molar-refractivity contribution in [2.24, 2.45) is 0 Å². The van der Waals surface area contributed by atoms with E-state index in [9.17, 15) is 9.90 Å². The van der Waals surface area contributed by atoms with E-state index in [0.717, 1.165) is 0 Å². The number of phenols is 1. The summed E-state index contributed by atoms with van der Waals surface area (Å²) >= 11 is 0. The smallest absolute Gasteiger partial charge is 0.221 e. The summed E-state index contributed by atoms with van der Waals surface area (Å²) in [4.78, 5) is 10.7. The number of benzene rings is 1. The summed E-state index contributed by atoms with van der Waals surface area (Å²) in [6.45, 7) is 1.37. The molecular weight excluding hydrogens is 164 g/mol. The highest BCUT2D eigenvalue weighted by Crippen LogP contribution is 2.07. The molecule has 5 heteroatoms. The minimum Gasteiger partial charge on any atom is -0.509 e. The lowest BCUT2D eigenvalue weighted by Gasteiger charge is -2.08. The second-order valence-electron chi connectivity index (χ2n) is 2.68. The molecule has 0 saturated carbocycles. The summed E-state index contributed by atoms with van der Waals surface area (Å²) in [5.74, 6) is -0.376. The van der Waals surface area contributed by atoms with Gasteiger partial charge in [0.2, 0.25) is 5.91 Å². The van der Waals surface area contributed by atoms with Gasteiger partial charge in [-0.3, -0.25) is 4.79 Å². The van der Waals surface area contributed by atoms with Gasteiger partial charge >= 0.3 is 0 Å². The standard InChI is InChI=1S/C8H7B2NO2/c1-4(12)11-5-2-6(9)8(13)7(10)3-5/h2-3,13H,1H3,(H,11,12). The van der Waals surface area contributed by atoms with Crippen LogP contribution in [0.5, 0.6) is 5.75 Å². The lowest BCUT2D eigenvalue weighted by atomic mass is 9.85. The summed E-state index contributed by atoms with van der Waals surface area (Å²) in [6.07, 6.45) is 0. The molecule has 0 heterocycles. The first-order valence-electron chi connectivity index (χ1n) is 3.66. The number of hydrogen-bond acceptors (Lipinski definition) is 2. The van der Waals surface area contributed by atoms with Crippen LogP contribution in [0.2, 0.25) is 0 Å². The zero-order chi connectivity index (χ0) is 10.0. The van der Waals surface area contributed by atoms with Gasteiger partial charge in [-0.05, 0) is 12.1 Å². The van der Waals surface area contributed by atoms with Gasteiger partial charge in [-0.15, -0.1) is 0 Å². The SMILES string of the molecule is [B]c1cc(NC(C)=O)cc([B])c1O. The number of hydrogen-bond donors (Lipinski definition) is 2. The van der Waals surface area contributed by atoms with Crippen molar-refractivity contribution in [2.45, 2.75) is 6.92 Å². The molecule has 0 bridgehead atoms. The number of amides is 1. The third-order valence-corrected chi connectivity index (χ3v) is 1.49. The molecule has 3 nitrogen and oxygen atoms in total. The van der Waals surface area contributed by atoms with Crippen LogP contribution in [0.1, 0.15) is 6.92 Å². The molecule has 0 aliphatic rings. The predicted molar refractivity (Wildman–Crippen MR) is 53.2 cm³/mol. The van der Waals surface area contributed by atoms with Crippen molar-refractivity contribution >= 4 is 38.2 Å². The fourth-order valence-corrected chi connectivity index (χ4v) is 0.956. The van der Waals surface area contributed by atoms with Crippen LogP contribution in [0.15, 0.2) is 12.1 Å². The Bertz CT molecular complexity index is 329. The van der Waals surface area contributed by atoms with Crippen LogP contribution in [-0.2, 0) is 4.79 Å². The quantitative estimate of drug-likeness (QED) is 0.417. The molecule has 4 radical (unpaired) electrons. The Labute approximate surface area is 79.0 Å². The number of rotatable bonds is 1. The molecule has 0 atom stereocenters. The van der Waals surface area contributed by atoms with Gasteiger partial charge in [-0.25, -0.2) is 0 Å². The van der Waals surface area contributed by atoms with E-state index < -0.39 is 0 Å². The fraction of sp³-hybridized carbons (Fsp3) is 0.125. The van der Waals surface area contributed by atoms with E-state index in [0.29, 0.717) is 5.69 Å². The third-order valence-electron chi connectivity index (χ3n) is 1.49. The van der Waals surface area contributed by atoms with Gasteiger partial charge in [-0.2, -0.15) is 0 Å². The van der Waals surface area contributed by atoms with Crippen molar-refractivity contribution in [3.8, 4) is 5.75 Å². The van der Waals surface area contributed by atoms with Crippen LogP contribution < -0.4 is 16.2 Å². The number of phenolic OH excluding ortho intramolecular Hbond substituents is 1. The van der Waals surface area contributed by atoms with Crippen LogP contribution in [-0.4, -0.2) is 26.7 Å². The molecule has 0 aliphatic heterocycles. The van der Waals surface area contributed by atoms with E-state index in [1.807, 2.05) is 0 Å². The minimum absolute atomic E-state index is 0.142. The van der Waals surface area contributed by atoms with Gasteiger partial charge < -0.3 is 10.4 Å². The molecule has 1 amide bonds. The van der Waals surface area contributed by atoms with Gasteiger partial charge in [0.25, 0.3) is 0 Å². The molecular formula is C8H7B2NO2. The van der Waals surface area contributed by atoms with Gasteiger partial charge in [0.15, 0.2) is 0 Å². The lowest BCUT2D eigenvalue weighted by molar-refractivity contribution is -0.114.